The molecule has 0 fully saturated rings. The van der Waals surface area contributed by atoms with Crippen molar-refractivity contribution in [3.63, 3.8) is 0 Å². The molecular weight excluding hydrogens is 230 g/mol. The third kappa shape index (κ3) is 2.60. The Morgan fingerprint density at radius 2 is 2.60 bits per heavy atom. The van der Waals surface area contributed by atoms with Crippen LogP contribution in [0.25, 0.3) is 0 Å². The third-order valence-corrected chi connectivity index (χ3v) is 3.96. The van der Waals surface area contributed by atoms with Gasteiger partial charge < -0.3 is 0 Å². The smallest absolute Gasteiger partial charge is 0.150 e. The molecule has 4 heteroatoms. The van der Waals surface area contributed by atoms with E-state index >= 15 is 0 Å². The molecule has 0 saturated carbocycles. The van der Waals surface area contributed by atoms with Crippen LogP contribution in [0.2, 0.25) is 0 Å². The molecule has 10 heavy (non-hydrogen) atoms. The molecule has 0 atom stereocenters. The molecule has 1 aromatic heterocycles. The number of nitrogens with zero attached hydrogens (tertiary/aromatic N) is 1. The molecule has 0 radical (unpaired) electrons. The van der Waals surface area contributed by atoms with Crippen LogP contribution in [-0.2, 0) is 0 Å². The van der Waals surface area contributed by atoms with E-state index in [4.69, 9.17) is 0 Å². The number of aromatic nitrogens is 1. The zero-order valence-electron chi connectivity index (χ0n) is 5.63. The van der Waals surface area contributed by atoms with E-state index < -0.39 is 0 Å². The Bertz CT molecular complexity index is 199. The lowest BCUT2D eigenvalue weighted by molar-refractivity contribution is 1.16. The highest BCUT2D eigenvalue weighted by atomic mass is 79.9. The molecule has 0 spiro atoms. The first kappa shape index (κ1) is 8.56. The Morgan fingerprint density at radius 3 is 3.10 bits per heavy atom. The van der Waals surface area contributed by atoms with E-state index in [0.29, 0.717) is 0 Å². The molecule has 0 aromatic carbocycles. The maximum Gasteiger partial charge on any atom is 0.150 e. The van der Waals surface area contributed by atoms with Crippen LogP contribution in [0.15, 0.2) is 9.72 Å². The molecule has 56 valence electrons. The molecule has 0 unspecified atom stereocenters. The highest BCUT2D eigenvalue weighted by molar-refractivity contribution is 9.09. The van der Waals surface area contributed by atoms with E-state index in [9.17, 15) is 0 Å². The van der Waals surface area contributed by atoms with Crippen LogP contribution in [0.3, 0.4) is 0 Å². The van der Waals surface area contributed by atoms with Crippen molar-refractivity contribution in [1.82, 2.24) is 4.98 Å². The molecule has 0 aliphatic rings. The Hall–Kier alpha value is 0.460. The van der Waals surface area contributed by atoms with Gasteiger partial charge in [0.1, 0.15) is 4.34 Å². The molecular formula is C6H8BrNS2. The van der Waals surface area contributed by atoms with Crippen molar-refractivity contribution in [2.75, 3.05) is 11.1 Å². The highest BCUT2D eigenvalue weighted by Gasteiger charge is 1.96. The number of hydrogen-bond acceptors (Lipinski definition) is 3. The van der Waals surface area contributed by atoms with Gasteiger partial charge in [0.15, 0.2) is 0 Å². The number of rotatable bonds is 3. The average Bonchev–Trinajstić information content (AvgIpc) is 2.31. The fraction of sp³-hybridized carbons (Fsp3) is 0.500. The van der Waals surface area contributed by atoms with E-state index in [2.05, 4.69) is 26.3 Å². The summed E-state index contributed by atoms with van der Waals surface area (Å²) in [6.07, 6.45) is 0. The standard InChI is InChI=1S/C6H8BrNS2/c1-5-4-10-6(8-5)9-3-2-7/h4H,2-3H2,1H3. The summed E-state index contributed by atoms with van der Waals surface area (Å²) < 4.78 is 1.18. The summed E-state index contributed by atoms with van der Waals surface area (Å²) in [6, 6.07) is 0. The largest absolute Gasteiger partial charge is 0.235 e. The maximum atomic E-state index is 4.31. The molecule has 0 aliphatic heterocycles. The van der Waals surface area contributed by atoms with Gasteiger partial charge in [0.05, 0.1) is 0 Å². The Balaban J connectivity index is 2.42. The topological polar surface area (TPSA) is 12.9 Å². The summed E-state index contributed by atoms with van der Waals surface area (Å²) >= 11 is 6.89. The van der Waals surface area contributed by atoms with E-state index in [1.165, 1.54) is 4.34 Å². The van der Waals surface area contributed by atoms with Crippen LogP contribution in [0.1, 0.15) is 5.69 Å². The second-order valence-corrected chi connectivity index (χ2v) is 4.79. The predicted octanol–water partition coefficient (Wildman–Crippen LogP) is 2.94. The zero-order chi connectivity index (χ0) is 7.40. The van der Waals surface area contributed by atoms with E-state index in [1.807, 2.05) is 6.92 Å². The normalized spacial score (nSPS) is 10.2. The third-order valence-electron chi connectivity index (χ3n) is 0.901. The van der Waals surface area contributed by atoms with Crippen LogP contribution in [0.5, 0.6) is 0 Å². The van der Waals surface area contributed by atoms with Crippen LogP contribution in [0, 0.1) is 6.92 Å². The van der Waals surface area contributed by atoms with E-state index in [1.54, 1.807) is 23.1 Å². The summed E-state index contributed by atoms with van der Waals surface area (Å²) in [6.45, 7) is 2.02. The molecule has 0 saturated heterocycles. The lowest BCUT2D eigenvalue weighted by Gasteiger charge is -1.88. The predicted molar refractivity (Wildman–Crippen MR) is 51.4 cm³/mol. The van der Waals surface area contributed by atoms with Gasteiger partial charge in [-0.25, -0.2) is 4.98 Å². The summed E-state index contributed by atoms with van der Waals surface area (Å²) in [5, 5.41) is 3.12. The Labute approximate surface area is 77.4 Å². The monoisotopic (exact) mass is 237 g/mol. The van der Waals surface area contributed by atoms with Gasteiger partial charge in [0.2, 0.25) is 0 Å². The molecule has 1 rings (SSSR count). The lowest BCUT2D eigenvalue weighted by Crippen LogP contribution is -1.77. The first-order chi connectivity index (χ1) is 4.83. The van der Waals surface area contributed by atoms with Gasteiger partial charge in [-0.3, -0.25) is 0 Å². The molecule has 1 nitrogen and oxygen atoms in total. The van der Waals surface area contributed by atoms with Gasteiger partial charge >= 0.3 is 0 Å². The number of thioether (sulfide) groups is 1. The van der Waals surface area contributed by atoms with Crippen molar-refractivity contribution in [2.24, 2.45) is 0 Å². The molecule has 1 heterocycles. The minimum atomic E-state index is 1.04. The number of thiazole rings is 1. The van der Waals surface area contributed by atoms with Crippen molar-refractivity contribution in [1.29, 1.82) is 0 Å². The van der Waals surface area contributed by atoms with E-state index in [-0.39, 0.29) is 0 Å². The van der Waals surface area contributed by atoms with E-state index in [0.717, 1.165) is 16.8 Å². The Kier molecular flexibility index (Phi) is 3.73. The number of aryl methyl sites for hydroxylation is 1. The van der Waals surface area contributed by atoms with Crippen LogP contribution >= 0.6 is 39.0 Å². The van der Waals surface area contributed by atoms with Crippen molar-refractivity contribution in [3.8, 4) is 0 Å². The second kappa shape index (κ2) is 4.36. The van der Waals surface area contributed by atoms with Crippen molar-refractivity contribution >= 4 is 39.0 Å². The fourth-order valence-corrected chi connectivity index (χ4v) is 2.66. The summed E-state index contributed by atoms with van der Waals surface area (Å²) in [4.78, 5) is 4.31. The van der Waals surface area contributed by atoms with Gasteiger partial charge in [-0.05, 0) is 6.92 Å². The summed E-state index contributed by atoms with van der Waals surface area (Å²) in [5.41, 5.74) is 1.13. The van der Waals surface area contributed by atoms with Crippen molar-refractivity contribution < 1.29 is 0 Å². The highest BCUT2D eigenvalue weighted by Crippen LogP contribution is 2.22. The van der Waals surface area contributed by atoms with Gasteiger partial charge in [-0.2, -0.15) is 0 Å². The number of halogens is 1. The second-order valence-electron chi connectivity index (χ2n) is 1.79. The number of alkyl halides is 1. The first-order valence-corrected chi connectivity index (χ1v) is 5.92. The SMILES string of the molecule is Cc1csc(SCCBr)n1. The van der Waals surface area contributed by atoms with Gasteiger partial charge in [-0.15, -0.1) is 11.3 Å². The minimum Gasteiger partial charge on any atom is -0.235 e. The molecule has 0 aliphatic carbocycles. The van der Waals surface area contributed by atoms with Gasteiger partial charge in [0, 0.05) is 22.2 Å². The molecule has 0 amide bonds. The first-order valence-electron chi connectivity index (χ1n) is 2.94. The quantitative estimate of drug-likeness (QED) is 0.593. The van der Waals surface area contributed by atoms with Crippen LogP contribution in [0.4, 0.5) is 0 Å². The molecule has 1 aromatic rings. The van der Waals surface area contributed by atoms with Crippen molar-refractivity contribution in [2.45, 2.75) is 11.3 Å². The molecule has 0 N–H and O–H groups in total. The summed E-state index contributed by atoms with van der Waals surface area (Å²) in [5.74, 6) is 1.10. The van der Waals surface area contributed by atoms with Crippen molar-refractivity contribution in [3.05, 3.63) is 11.1 Å². The fourth-order valence-electron chi connectivity index (χ4n) is 0.525. The van der Waals surface area contributed by atoms with Crippen LogP contribution in [-0.4, -0.2) is 16.1 Å². The molecule has 0 bridgehead atoms. The van der Waals surface area contributed by atoms with Gasteiger partial charge in [0.25, 0.3) is 0 Å². The lowest BCUT2D eigenvalue weighted by atomic mass is 10.6. The summed E-state index contributed by atoms with van der Waals surface area (Å²) in [7, 11) is 0. The minimum absolute atomic E-state index is 1.04. The maximum absolute atomic E-state index is 4.31. The average molecular weight is 238 g/mol. The zero-order valence-corrected chi connectivity index (χ0v) is 8.85. The number of hydrogen-bond donors (Lipinski definition) is 0. The Morgan fingerprint density at radius 1 is 1.80 bits per heavy atom. The van der Waals surface area contributed by atoms with Gasteiger partial charge in [-0.1, -0.05) is 27.7 Å². The van der Waals surface area contributed by atoms with Crippen LogP contribution < -0.4 is 0 Å².